The molecule has 11 aromatic carbocycles. The van der Waals surface area contributed by atoms with Crippen molar-refractivity contribution in [3.63, 3.8) is 0 Å². The first-order chi connectivity index (χ1) is 68.6. The van der Waals surface area contributed by atoms with Gasteiger partial charge >= 0.3 is 11.9 Å². The Morgan fingerprint density at radius 2 is 0.707 bits per heavy atom. The minimum Gasteiger partial charge on any atom is -0.512 e. The quantitative estimate of drug-likeness (QED) is 0.0405. The summed E-state index contributed by atoms with van der Waals surface area (Å²) in [6.07, 6.45) is 17.5. The van der Waals surface area contributed by atoms with Crippen molar-refractivity contribution in [2.24, 2.45) is 0 Å². The van der Waals surface area contributed by atoms with Crippen molar-refractivity contribution in [1.29, 1.82) is 0 Å². The summed E-state index contributed by atoms with van der Waals surface area (Å²) in [6.45, 7) is 12.4. The number of hydrogen-bond acceptors (Lipinski definition) is 16. The predicted octanol–water partition coefficient (Wildman–Crippen LogP) is 28.4. The summed E-state index contributed by atoms with van der Waals surface area (Å²) in [5.41, 5.74) is 9.66. The van der Waals surface area contributed by atoms with Crippen LogP contribution in [0.3, 0.4) is 0 Å². The first kappa shape index (κ1) is 123. The van der Waals surface area contributed by atoms with Gasteiger partial charge in [0.1, 0.15) is 11.4 Å². The summed E-state index contributed by atoms with van der Waals surface area (Å²) >= 11 is 1.67. The standard InChI is InChI=1S/C19H12N.2C15H10N.C13H8NS.C12H5F2N2.C11H6F2N.C11H8N.2C6H5NO2.2C5H8O2.6Ir/c1-2-8-16-13-20-19(12-15(16)7-1)18-11-5-9-14-6-3-4-10-17(14)18;2*1-2-7-13(8-3-1)15-14-9-5-4-6-12(14)10-11-16-15;1-2-5-11-10(4-1)7-8-14-13(11)12-6-3-9-15-12;1-15-12-9(13)6-5-8(11(12)14)10-4-2-3-7-16-10;12-8-4-5-9(10(13)7-8)11-3-1-2-6-14-11;1-2-6-10(7-3-1)11-8-4-5-9-12-11;2*8-6(9)5-3-1-2-4-7-5;2*1-4(6)3-5(2)7;;;;;;/h1-10,12-13H;2*1-7,9-11H;1-5,7-9H;2-4,6-7H;1-4,6-7H;1-6,8-9H;2*1-4H,(H,8,9);2*3,6H,1-2H3;;;;;;/q7*-1;;;;;;;;;;. The molecule has 6 radical (unpaired) electrons. The van der Waals surface area contributed by atoms with Crippen molar-refractivity contribution in [2.45, 2.75) is 27.7 Å². The molecule has 0 bridgehead atoms. The molecule has 0 unspecified atom stereocenters. The first-order valence-electron chi connectivity index (χ1n) is 43.2. The number of thiophene rings is 1. The molecule has 0 fully saturated rings. The largest absolute Gasteiger partial charge is 0.512 e. The normalized spacial score (nSPS) is 9.87. The van der Waals surface area contributed by atoms with Crippen LogP contribution in [0.1, 0.15) is 48.7 Å². The third-order valence-electron chi connectivity index (χ3n) is 19.3. The molecule has 0 saturated carbocycles. The number of aliphatic hydroxyl groups is 2. The van der Waals surface area contributed by atoms with Crippen molar-refractivity contribution in [3.8, 4) is 78.1 Å². The van der Waals surface area contributed by atoms with E-state index in [1.54, 1.807) is 84.4 Å². The van der Waals surface area contributed by atoms with Crippen LogP contribution in [0.5, 0.6) is 0 Å². The molecular formula is C118H85F4Ir6N10O8S-7. The van der Waals surface area contributed by atoms with Crippen LogP contribution >= 0.6 is 11.3 Å². The average Bonchev–Trinajstić information content (AvgIpc) is 0.796. The van der Waals surface area contributed by atoms with Crippen LogP contribution in [0.2, 0.25) is 0 Å². The Balaban J connectivity index is 0.000000287. The number of aliphatic hydroxyl groups excluding tert-OH is 2. The van der Waals surface area contributed by atoms with Crippen LogP contribution in [-0.4, -0.2) is 88.8 Å². The number of carbonyl (C=O) groups excluding carboxylic acids is 2. The van der Waals surface area contributed by atoms with Gasteiger partial charge in [-0.1, -0.05) is 198 Å². The second-order valence-electron chi connectivity index (χ2n) is 29.5. The van der Waals surface area contributed by atoms with E-state index in [0.29, 0.717) is 11.4 Å². The third-order valence-corrected chi connectivity index (χ3v) is 20.1. The molecule has 0 amide bonds. The van der Waals surface area contributed by atoms with E-state index in [1.807, 2.05) is 194 Å². The van der Waals surface area contributed by atoms with E-state index in [1.165, 1.54) is 119 Å². The van der Waals surface area contributed by atoms with E-state index in [2.05, 4.69) is 183 Å². The number of carboxylic acid groups (broad SMARTS) is 2. The number of carbonyl (C=O) groups is 4. The molecule has 0 aliphatic rings. The fourth-order valence-corrected chi connectivity index (χ4v) is 13.8. The van der Waals surface area contributed by atoms with Crippen molar-refractivity contribution < 1.29 is 178 Å². The number of hydrogen-bond donors (Lipinski definition) is 4. The van der Waals surface area contributed by atoms with Gasteiger partial charge in [0.2, 0.25) is 0 Å². The van der Waals surface area contributed by atoms with Gasteiger partial charge in [0.25, 0.3) is 0 Å². The Bertz CT molecular complexity index is 7500. The summed E-state index contributed by atoms with van der Waals surface area (Å²) in [4.78, 5) is 81.4. The molecule has 0 saturated heterocycles. The van der Waals surface area contributed by atoms with Crippen LogP contribution in [0.4, 0.5) is 23.2 Å². The topological polar surface area (TPSA) is 270 Å². The number of carboxylic acids is 2. The van der Waals surface area contributed by atoms with E-state index in [0.717, 1.165) is 79.2 Å². The number of halogens is 4. The fourth-order valence-electron chi connectivity index (χ4n) is 13.1. The average molecular weight is 3030 g/mol. The van der Waals surface area contributed by atoms with Gasteiger partial charge in [-0.15, -0.1) is 172 Å². The second-order valence-corrected chi connectivity index (χ2v) is 30.4. The Hall–Kier alpha value is -14.8. The number of aromatic nitrogens is 9. The van der Waals surface area contributed by atoms with E-state index in [9.17, 15) is 36.7 Å². The maximum atomic E-state index is 13.7. The molecule has 0 aliphatic heterocycles. The van der Waals surface area contributed by atoms with Crippen LogP contribution in [0, 0.1) is 72.3 Å². The number of nitrogens with zero attached hydrogens (tertiary/aromatic N) is 10. The summed E-state index contributed by atoms with van der Waals surface area (Å²) in [7, 11) is 0. The van der Waals surface area contributed by atoms with Crippen molar-refractivity contribution in [1.82, 2.24) is 44.9 Å². The smallest absolute Gasteiger partial charge is 0.354 e. The molecule has 10 aromatic heterocycles. The molecule has 750 valence electrons. The number of pyridine rings is 9. The molecule has 10 heterocycles. The van der Waals surface area contributed by atoms with Crippen LogP contribution < -0.4 is 0 Å². The van der Waals surface area contributed by atoms with E-state index in [4.69, 9.17) is 27.0 Å². The van der Waals surface area contributed by atoms with E-state index >= 15 is 0 Å². The molecule has 0 spiro atoms. The Morgan fingerprint density at radius 3 is 1.10 bits per heavy atom. The second kappa shape index (κ2) is 66.3. The third kappa shape index (κ3) is 39.3. The number of rotatable bonds is 11. The molecule has 21 rings (SSSR count). The van der Waals surface area contributed by atoms with Crippen molar-refractivity contribution in [3.05, 3.63) is 519 Å². The van der Waals surface area contributed by atoms with Crippen LogP contribution in [0.25, 0.3) is 137 Å². The Morgan fingerprint density at radius 1 is 0.320 bits per heavy atom. The summed E-state index contributed by atoms with van der Waals surface area (Å²) in [6, 6.07) is 129. The molecule has 4 N–H and O–H groups in total. The van der Waals surface area contributed by atoms with Gasteiger partial charge in [0, 0.05) is 212 Å². The summed E-state index contributed by atoms with van der Waals surface area (Å²) in [5, 5.41) is 47.4. The Kier molecular flexibility index (Phi) is 55.3. The van der Waals surface area contributed by atoms with E-state index in [-0.39, 0.29) is 166 Å². The monoisotopic (exact) mass is 3040 g/mol. The summed E-state index contributed by atoms with van der Waals surface area (Å²) in [5.74, 6) is -5.22. The molecule has 0 atom stereocenters. The molecular weight excluding hydrogens is 2950 g/mol. The minimum atomic E-state index is -0.990. The number of fused-ring (bicyclic) bond motifs is 5. The van der Waals surface area contributed by atoms with Gasteiger partial charge in [-0.3, -0.25) is 32.0 Å². The van der Waals surface area contributed by atoms with Gasteiger partial charge in [-0.2, -0.15) is 12.1 Å². The van der Waals surface area contributed by atoms with Crippen molar-refractivity contribution in [2.75, 3.05) is 0 Å². The number of aromatic carboxylic acids is 2. The minimum absolute atomic E-state index is 0. The molecule has 18 nitrogen and oxygen atoms in total. The number of ketones is 2. The maximum Gasteiger partial charge on any atom is 0.354 e. The SMILES string of the molecule is CC(=O)C=C(C)O.CC(=O)C=C(C)O.Fc1c[c-]c(-c2ccccn2)c(F)c1.O=C(O)c1ccccn1.O=C(O)c1ccccn1.[C-]#[N+]c1c(F)c[c-]c(-c2ccccn2)c1F.[Ir].[Ir].[Ir].[Ir].[Ir].[Ir].[c-]1ccc2ccccc2c1-c1cc2ccccc2cn1.[c-]1ccccc1-c1ccccn1.[c-]1ccccc1-c1nccc2ccccc12.[c-]1ccccc1-c1nccc2ccccc12.[c-]1ccsc1-c1nccc2ccccc12. The zero-order chi connectivity index (χ0) is 99.9. The van der Waals surface area contributed by atoms with Gasteiger partial charge in [-0.05, 0) is 171 Å². The zero-order valence-corrected chi connectivity index (χ0v) is 93.3. The van der Waals surface area contributed by atoms with Crippen LogP contribution in [0.15, 0.2) is 431 Å². The maximum absolute atomic E-state index is 13.7. The van der Waals surface area contributed by atoms with Crippen LogP contribution in [-0.2, 0) is 130 Å². The molecule has 21 aromatic rings. The summed E-state index contributed by atoms with van der Waals surface area (Å²) < 4.78 is 52.5. The van der Waals surface area contributed by atoms with Crippen molar-refractivity contribution >= 4 is 94.4 Å². The van der Waals surface area contributed by atoms with Gasteiger partial charge < -0.3 is 55.3 Å². The number of benzene rings is 11. The van der Waals surface area contributed by atoms with Gasteiger partial charge in [0.15, 0.2) is 17.3 Å². The van der Waals surface area contributed by atoms with Gasteiger partial charge in [-0.25, -0.2) is 30.9 Å². The number of allylic oxidation sites excluding steroid dienone is 4. The Labute approximate surface area is 933 Å². The first-order valence-corrected chi connectivity index (χ1v) is 44.0. The zero-order valence-electron chi connectivity index (χ0n) is 78.2. The molecule has 147 heavy (non-hydrogen) atoms. The van der Waals surface area contributed by atoms with E-state index < -0.39 is 40.9 Å². The molecule has 0 aliphatic carbocycles. The van der Waals surface area contributed by atoms with Gasteiger partial charge in [0.05, 0.1) is 18.1 Å². The fraction of sp³-hybridized carbons (Fsp3) is 0.0339. The predicted molar refractivity (Wildman–Crippen MR) is 548 cm³/mol. The molecule has 29 heteroatoms.